The minimum atomic E-state index is 0.195. The normalized spacial score (nSPS) is 12.0. The first kappa shape index (κ1) is 24.2. The number of aliphatic hydroxyl groups is 1. The van der Waals surface area contributed by atoms with Gasteiger partial charge in [0.2, 0.25) is 0 Å². The molecule has 0 saturated heterocycles. The van der Waals surface area contributed by atoms with Gasteiger partial charge in [0, 0.05) is 18.3 Å². The summed E-state index contributed by atoms with van der Waals surface area (Å²) in [6.45, 7) is 2.46. The van der Waals surface area contributed by atoms with Crippen LogP contribution in [-0.2, 0) is 0 Å². The van der Waals surface area contributed by atoms with Crippen molar-refractivity contribution in [2.45, 2.75) is 95.6 Å². The van der Waals surface area contributed by atoms with Gasteiger partial charge in [0.15, 0.2) is 0 Å². The van der Waals surface area contributed by atoms with E-state index in [9.17, 15) is 0 Å². The van der Waals surface area contributed by atoms with Crippen molar-refractivity contribution in [3.8, 4) is 6.07 Å². The molecule has 0 aliphatic rings. The van der Waals surface area contributed by atoms with Crippen molar-refractivity contribution in [3.05, 3.63) is 0 Å². The van der Waals surface area contributed by atoms with E-state index in [1.807, 2.05) is 0 Å². The minimum absolute atomic E-state index is 0.195. The molecule has 5 heteroatoms. The highest BCUT2D eigenvalue weighted by atomic mass is 32.2. The highest BCUT2D eigenvalue weighted by molar-refractivity contribution is 8.47. The third-order valence-corrected chi connectivity index (χ3v) is 6.92. The first-order valence-electron chi connectivity index (χ1n) is 9.55. The lowest BCUT2D eigenvalue weighted by molar-refractivity contribution is 0.284. The first-order chi connectivity index (χ1) is 11.7. The third-order valence-electron chi connectivity index (χ3n) is 3.98. The Morgan fingerprint density at radius 2 is 1.58 bits per heavy atom. The Balaban J connectivity index is 3.46. The van der Waals surface area contributed by atoms with Gasteiger partial charge in [-0.25, -0.2) is 0 Å². The largest absolute Gasteiger partial charge is 0.396 e. The van der Waals surface area contributed by atoms with Crippen LogP contribution in [0.15, 0.2) is 0 Å². The average molecular weight is 390 g/mol. The van der Waals surface area contributed by atoms with E-state index in [4.69, 9.17) is 22.6 Å². The predicted octanol–water partition coefficient (Wildman–Crippen LogP) is 6.71. The van der Waals surface area contributed by atoms with E-state index in [1.54, 1.807) is 23.5 Å². The molecule has 1 atom stereocenters. The van der Waals surface area contributed by atoms with Crippen molar-refractivity contribution in [1.82, 2.24) is 0 Å². The zero-order valence-corrected chi connectivity index (χ0v) is 17.8. The van der Waals surface area contributed by atoms with Crippen LogP contribution in [0, 0.1) is 11.3 Å². The van der Waals surface area contributed by atoms with Crippen molar-refractivity contribution in [2.24, 2.45) is 0 Å². The molecule has 0 aromatic heterocycles. The summed E-state index contributed by atoms with van der Waals surface area (Å²) in [4.78, 5) is 0. The maximum atomic E-state index is 8.90. The molecule has 0 spiro atoms. The Morgan fingerprint density at radius 3 is 2.12 bits per heavy atom. The summed E-state index contributed by atoms with van der Waals surface area (Å²) in [5.74, 6) is 1.10. The van der Waals surface area contributed by atoms with Gasteiger partial charge in [-0.2, -0.15) is 5.26 Å². The molecule has 140 valence electrons. The van der Waals surface area contributed by atoms with Crippen LogP contribution >= 0.6 is 35.7 Å². The van der Waals surface area contributed by atoms with Gasteiger partial charge in [0.05, 0.1) is 6.07 Å². The Kier molecular flexibility index (Phi) is 19.8. The fourth-order valence-electron chi connectivity index (χ4n) is 2.54. The van der Waals surface area contributed by atoms with Crippen LogP contribution in [0.2, 0.25) is 0 Å². The van der Waals surface area contributed by atoms with E-state index in [-0.39, 0.29) is 11.9 Å². The lowest BCUT2D eigenvalue weighted by atomic mass is 10.1. The monoisotopic (exact) mass is 389 g/mol. The summed E-state index contributed by atoms with van der Waals surface area (Å²) < 4.78 is 0.962. The number of nitrogens with zero attached hydrogens (tertiary/aromatic N) is 1. The van der Waals surface area contributed by atoms with Gasteiger partial charge in [-0.05, 0) is 25.0 Å². The summed E-state index contributed by atoms with van der Waals surface area (Å²) in [7, 11) is 0. The molecule has 0 aliphatic carbocycles. The van der Waals surface area contributed by atoms with E-state index in [1.165, 1.54) is 64.2 Å². The number of aliphatic hydroxyl groups excluding tert-OH is 1. The Labute approximate surface area is 163 Å². The Bertz CT molecular complexity index is 331. The van der Waals surface area contributed by atoms with Gasteiger partial charge in [-0.3, -0.25) is 0 Å². The molecule has 0 aliphatic heterocycles. The van der Waals surface area contributed by atoms with Crippen LogP contribution in [0.25, 0.3) is 0 Å². The Hall–Kier alpha value is 0.240. The molecular formula is C19H35NOS3. The summed E-state index contributed by atoms with van der Waals surface area (Å²) in [5, 5.41) is 18.0. The molecule has 0 bridgehead atoms. The number of hydrogen-bond donors (Lipinski definition) is 1. The topological polar surface area (TPSA) is 44.0 Å². The van der Waals surface area contributed by atoms with Crippen LogP contribution in [0.3, 0.4) is 0 Å². The van der Waals surface area contributed by atoms with E-state index in [0.717, 1.165) is 22.1 Å². The molecule has 0 amide bonds. The minimum Gasteiger partial charge on any atom is -0.396 e. The zero-order valence-electron chi connectivity index (χ0n) is 15.3. The van der Waals surface area contributed by atoms with Crippen molar-refractivity contribution in [2.75, 3.05) is 12.4 Å². The molecular weight excluding hydrogens is 354 g/mol. The van der Waals surface area contributed by atoms with Crippen molar-refractivity contribution >= 4 is 39.3 Å². The molecule has 0 aromatic rings. The SMILES string of the molecule is CCCCCCCCCCCCSC(=S)SC(CC#N)CCCO. The standard InChI is InChI=1S/C19H35NOS3/c1-2-3-4-5-6-7-8-9-10-11-17-23-19(22)24-18(14-15-20)13-12-16-21/h18,21H,2-14,16-17H2,1H3. The first-order valence-corrected chi connectivity index (χ1v) is 11.8. The van der Waals surface area contributed by atoms with Crippen molar-refractivity contribution in [3.63, 3.8) is 0 Å². The highest BCUT2D eigenvalue weighted by Crippen LogP contribution is 2.27. The molecule has 0 rings (SSSR count). The van der Waals surface area contributed by atoms with Crippen molar-refractivity contribution in [1.29, 1.82) is 5.26 Å². The number of unbranched alkanes of at least 4 members (excludes halogenated alkanes) is 9. The number of thioether (sulfide) groups is 2. The molecule has 1 N–H and O–H groups in total. The summed E-state index contributed by atoms with van der Waals surface area (Å²) in [6.07, 6.45) is 15.8. The second-order valence-corrected chi connectivity index (χ2v) is 9.85. The van der Waals surface area contributed by atoms with Gasteiger partial charge >= 0.3 is 0 Å². The molecule has 0 fully saturated rings. The van der Waals surface area contributed by atoms with E-state index in [2.05, 4.69) is 13.0 Å². The predicted molar refractivity (Wildman–Crippen MR) is 115 cm³/mol. The van der Waals surface area contributed by atoms with Gasteiger partial charge in [-0.15, -0.1) is 23.5 Å². The maximum absolute atomic E-state index is 8.90. The lowest BCUT2D eigenvalue weighted by Crippen LogP contribution is -2.05. The quantitative estimate of drug-likeness (QED) is 0.235. The number of hydrogen-bond acceptors (Lipinski definition) is 5. The molecule has 0 heterocycles. The lowest BCUT2D eigenvalue weighted by Gasteiger charge is -2.12. The third kappa shape index (κ3) is 17.1. The number of rotatable bonds is 16. The smallest absolute Gasteiger partial charge is 0.104 e. The summed E-state index contributed by atoms with van der Waals surface area (Å²) in [6, 6.07) is 2.22. The number of thiocarbonyl (C=S) groups is 1. The zero-order chi connectivity index (χ0) is 17.9. The van der Waals surface area contributed by atoms with Crippen LogP contribution in [0.4, 0.5) is 0 Å². The molecule has 0 radical (unpaired) electrons. The fraction of sp³-hybridized carbons (Fsp3) is 0.895. The second-order valence-electron chi connectivity index (χ2n) is 6.25. The summed E-state index contributed by atoms with van der Waals surface area (Å²) in [5.41, 5.74) is 0. The van der Waals surface area contributed by atoms with Gasteiger partial charge in [0.1, 0.15) is 3.53 Å². The molecule has 1 unspecified atom stereocenters. The Morgan fingerprint density at radius 1 is 1.00 bits per heavy atom. The van der Waals surface area contributed by atoms with Crippen LogP contribution in [0.5, 0.6) is 0 Å². The maximum Gasteiger partial charge on any atom is 0.104 e. The highest BCUT2D eigenvalue weighted by Gasteiger charge is 2.12. The fourth-order valence-corrected chi connectivity index (χ4v) is 5.36. The molecule has 24 heavy (non-hydrogen) atoms. The van der Waals surface area contributed by atoms with E-state index in [0.29, 0.717) is 6.42 Å². The molecule has 0 aromatic carbocycles. The molecule has 2 nitrogen and oxygen atoms in total. The van der Waals surface area contributed by atoms with Crippen LogP contribution in [-0.4, -0.2) is 26.2 Å². The van der Waals surface area contributed by atoms with Crippen molar-refractivity contribution < 1.29 is 5.11 Å². The average Bonchev–Trinajstić information content (AvgIpc) is 2.57. The van der Waals surface area contributed by atoms with Gasteiger partial charge < -0.3 is 5.11 Å². The number of nitriles is 1. The van der Waals surface area contributed by atoms with Gasteiger partial charge in [0.25, 0.3) is 0 Å². The van der Waals surface area contributed by atoms with Crippen LogP contribution in [0.1, 0.15) is 90.4 Å². The molecule has 0 saturated carbocycles. The van der Waals surface area contributed by atoms with E-state index < -0.39 is 0 Å². The van der Waals surface area contributed by atoms with E-state index >= 15 is 0 Å². The van der Waals surface area contributed by atoms with Gasteiger partial charge in [-0.1, -0.05) is 76.9 Å². The van der Waals surface area contributed by atoms with Crippen LogP contribution < -0.4 is 0 Å². The summed E-state index contributed by atoms with van der Waals surface area (Å²) >= 11 is 8.83. The second kappa shape index (κ2) is 19.6.